The lowest BCUT2D eigenvalue weighted by molar-refractivity contribution is -0.122. The minimum Gasteiger partial charge on any atom is -0.497 e. The molecular weight excluding hydrogens is 507 g/mol. The molecule has 0 saturated heterocycles. The van der Waals surface area contributed by atoms with E-state index in [0.717, 1.165) is 17.9 Å². The van der Waals surface area contributed by atoms with Gasteiger partial charge in [0.05, 0.1) is 19.9 Å². The highest BCUT2D eigenvalue weighted by Crippen LogP contribution is 2.11. The van der Waals surface area contributed by atoms with Crippen molar-refractivity contribution in [3.63, 3.8) is 0 Å². The monoisotopic (exact) mass is 542 g/mol. The van der Waals surface area contributed by atoms with E-state index in [2.05, 4.69) is 27.8 Å². The molecule has 0 aliphatic heterocycles. The first-order valence-electron chi connectivity index (χ1n) is 10.2. The molecule has 2 N–H and O–H groups in total. The number of methoxy groups -OCH3 is 1. The summed E-state index contributed by atoms with van der Waals surface area (Å²) >= 11 is 0. The number of hydrogen-bond donors (Lipinski definition) is 2. The molecule has 0 aliphatic carbocycles. The van der Waals surface area contributed by atoms with Gasteiger partial charge in [0.15, 0.2) is 5.96 Å². The number of aliphatic imine (C=N–C) groups is 1. The first kappa shape index (κ1) is 26.8. The number of rotatable bonds is 9. The topological polar surface area (TPSA) is 79.1 Å². The fourth-order valence-corrected chi connectivity index (χ4v) is 2.90. The van der Waals surface area contributed by atoms with Gasteiger partial charge >= 0.3 is 0 Å². The van der Waals surface area contributed by atoms with Crippen molar-refractivity contribution in [1.29, 1.82) is 0 Å². The van der Waals surface area contributed by atoms with Crippen LogP contribution < -0.4 is 15.4 Å². The van der Waals surface area contributed by atoms with Crippen molar-refractivity contribution in [3.8, 4) is 5.75 Å². The predicted molar refractivity (Wildman–Crippen MR) is 135 cm³/mol. The van der Waals surface area contributed by atoms with Gasteiger partial charge in [-0.1, -0.05) is 12.1 Å². The number of halogens is 1. The number of benzene rings is 1. The van der Waals surface area contributed by atoms with E-state index in [-0.39, 0.29) is 42.0 Å². The van der Waals surface area contributed by atoms with Gasteiger partial charge in [0.25, 0.3) is 0 Å². The Labute approximate surface area is 202 Å². The zero-order valence-electron chi connectivity index (χ0n) is 19.1. The third-order valence-corrected chi connectivity index (χ3v) is 4.31. The molecule has 2 rings (SSSR count). The van der Waals surface area contributed by atoms with Crippen LogP contribution in [0.15, 0.2) is 52.1 Å². The summed E-state index contributed by atoms with van der Waals surface area (Å²) in [4.78, 5) is 18.8. The molecule has 1 amide bonds. The molecule has 0 saturated carbocycles. The van der Waals surface area contributed by atoms with Crippen molar-refractivity contribution in [2.75, 3.05) is 33.8 Å². The zero-order chi connectivity index (χ0) is 22.0. The van der Waals surface area contributed by atoms with Crippen molar-refractivity contribution in [1.82, 2.24) is 15.5 Å². The van der Waals surface area contributed by atoms with Gasteiger partial charge in [0, 0.05) is 32.1 Å². The molecule has 1 aromatic carbocycles. The van der Waals surface area contributed by atoms with Crippen LogP contribution in [-0.4, -0.2) is 56.1 Å². The molecule has 0 fully saturated rings. The second-order valence-electron chi connectivity index (χ2n) is 8.21. The van der Waals surface area contributed by atoms with Gasteiger partial charge in [-0.15, -0.1) is 24.0 Å². The molecule has 0 unspecified atom stereocenters. The third-order valence-electron chi connectivity index (χ3n) is 4.31. The summed E-state index contributed by atoms with van der Waals surface area (Å²) in [5.74, 6) is 2.39. The Kier molecular flexibility index (Phi) is 11.4. The van der Waals surface area contributed by atoms with Crippen LogP contribution in [0.25, 0.3) is 0 Å². The van der Waals surface area contributed by atoms with Gasteiger partial charge < -0.3 is 24.7 Å². The molecule has 0 radical (unpaired) electrons. The van der Waals surface area contributed by atoms with Crippen LogP contribution in [0.1, 0.15) is 32.1 Å². The number of ether oxygens (including phenoxy) is 1. The molecule has 7 nitrogen and oxygen atoms in total. The maximum absolute atomic E-state index is 12.3. The van der Waals surface area contributed by atoms with Gasteiger partial charge in [-0.3, -0.25) is 9.79 Å². The van der Waals surface area contributed by atoms with Crippen LogP contribution in [0.5, 0.6) is 5.75 Å². The summed E-state index contributed by atoms with van der Waals surface area (Å²) in [6, 6.07) is 11.8. The highest BCUT2D eigenvalue weighted by molar-refractivity contribution is 14.0. The molecule has 0 bridgehead atoms. The Morgan fingerprint density at radius 3 is 2.45 bits per heavy atom. The van der Waals surface area contributed by atoms with Crippen LogP contribution in [0, 0.1) is 0 Å². The highest BCUT2D eigenvalue weighted by atomic mass is 127. The zero-order valence-corrected chi connectivity index (χ0v) is 21.4. The maximum Gasteiger partial charge on any atom is 0.240 e. The molecular formula is C23H35IN4O3. The quantitative estimate of drug-likeness (QED) is 0.288. The van der Waals surface area contributed by atoms with E-state index < -0.39 is 0 Å². The predicted octanol–water partition coefficient (Wildman–Crippen LogP) is 3.48. The highest BCUT2D eigenvalue weighted by Gasteiger charge is 2.17. The number of nitrogens with one attached hydrogen (secondary N) is 2. The van der Waals surface area contributed by atoms with Gasteiger partial charge in [-0.25, -0.2) is 0 Å². The summed E-state index contributed by atoms with van der Waals surface area (Å²) in [5, 5.41) is 6.36. The largest absolute Gasteiger partial charge is 0.497 e. The summed E-state index contributed by atoms with van der Waals surface area (Å²) in [5.41, 5.74) is 0.933. The minimum atomic E-state index is -0.268. The summed E-state index contributed by atoms with van der Waals surface area (Å²) < 4.78 is 10.6. The van der Waals surface area contributed by atoms with E-state index in [1.165, 1.54) is 5.56 Å². The van der Waals surface area contributed by atoms with Gasteiger partial charge in [-0.05, 0) is 57.0 Å². The van der Waals surface area contributed by atoms with E-state index in [1.807, 2.05) is 57.0 Å². The van der Waals surface area contributed by atoms with Crippen molar-refractivity contribution in [3.05, 3.63) is 54.0 Å². The molecule has 0 spiro atoms. The number of amides is 1. The normalized spacial score (nSPS) is 11.5. The van der Waals surface area contributed by atoms with Crippen LogP contribution in [0.2, 0.25) is 0 Å². The molecule has 2 aromatic rings. The molecule has 31 heavy (non-hydrogen) atoms. The lowest BCUT2D eigenvalue weighted by Gasteiger charge is -2.25. The Bertz CT molecular complexity index is 799. The molecule has 172 valence electrons. The summed E-state index contributed by atoms with van der Waals surface area (Å²) in [6.07, 6.45) is 3.21. The summed E-state index contributed by atoms with van der Waals surface area (Å²) in [7, 11) is 3.53. The molecule has 8 heteroatoms. The van der Waals surface area contributed by atoms with Crippen LogP contribution >= 0.6 is 24.0 Å². The molecule has 0 atom stereocenters. The molecule has 0 aliphatic rings. The number of carbonyl (C=O) groups is 1. The van der Waals surface area contributed by atoms with Crippen LogP contribution in [-0.2, 0) is 17.6 Å². The number of likely N-dealkylation sites (N-methyl/N-ethyl adjacent to an activating group) is 1. The Morgan fingerprint density at radius 2 is 1.87 bits per heavy atom. The lowest BCUT2D eigenvalue weighted by Crippen LogP contribution is -2.49. The van der Waals surface area contributed by atoms with Crippen molar-refractivity contribution in [2.24, 2.45) is 4.99 Å². The van der Waals surface area contributed by atoms with Crippen molar-refractivity contribution >= 4 is 35.8 Å². The average molecular weight is 542 g/mol. The van der Waals surface area contributed by atoms with E-state index in [0.29, 0.717) is 25.5 Å². The fraction of sp³-hybridized carbons (Fsp3) is 0.478. The number of guanidine groups is 1. The molecule has 1 aromatic heterocycles. The summed E-state index contributed by atoms with van der Waals surface area (Å²) in [6.45, 7) is 7.41. The Morgan fingerprint density at radius 1 is 1.16 bits per heavy atom. The first-order chi connectivity index (χ1) is 14.3. The van der Waals surface area contributed by atoms with E-state index in [1.54, 1.807) is 13.4 Å². The first-order valence-corrected chi connectivity index (χ1v) is 10.2. The smallest absolute Gasteiger partial charge is 0.240 e. The van der Waals surface area contributed by atoms with E-state index >= 15 is 0 Å². The van der Waals surface area contributed by atoms with Gasteiger partial charge in [0.2, 0.25) is 5.91 Å². The average Bonchev–Trinajstić information content (AvgIpc) is 3.19. The number of hydrogen-bond acceptors (Lipinski definition) is 4. The number of carbonyl (C=O) groups excluding carboxylic acids is 1. The minimum absolute atomic E-state index is 0. The maximum atomic E-state index is 12.3. The number of furan rings is 1. The Balaban J connectivity index is 0.00000480. The fourth-order valence-electron chi connectivity index (χ4n) is 2.90. The van der Waals surface area contributed by atoms with Crippen LogP contribution in [0.4, 0.5) is 0 Å². The van der Waals surface area contributed by atoms with E-state index in [9.17, 15) is 4.79 Å². The Hall–Kier alpha value is -2.23. The second kappa shape index (κ2) is 13.2. The van der Waals surface area contributed by atoms with Crippen molar-refractivity contribution < 1.29 is 13.9 Å². The molecule has 1 heterocycles. The number of nitrogens with zero attached hydrogens (tertiary/aromatic N) is 2. The third kappa shape index (κ3) is 10.6. The van der Waals surface area contributed by atoms with Gasteiger partial charge in [0.1, 0.15) is 11.5 Å². The van der Waals surface area contributed by atoms with Gasteiger partial charge in [-0.2, -0.15) is 0 Å². The van der Waals surface area contributed by atoms with E-state index in [4.69, 9.17) is 9.15 Å². The standard InChI is InChI=1S/C23H34N4O3.HI/c1-23(2,3)26-21(28)17-27(4)22(25-15-13-20-7-6-16-30-20)24-14-12-18-8-10-19(29-5)11-9-18;/h6-11,16H,12-15,17H2,1-5H3,(H,24,25)(H,26,28);1H. The SMILES string of the molecule is COc1ccc(CCNC(=NCCc2ccco2)N(C)CC(=O)NC(C)(C)C)cc1.I. The second-order valence-corrected chi connectivity index (χ2v) is 8.21. The van der Waals surface area contributed by atoms with Crippen molar-refractivity contribution in [2.45, 2.75) is 39.2 Å². The van der Waals surface area contributed by atoms with Crippen LogP contribution in [0.3, 0.4) is 0 Å². The lowest BCUT2D eigenvalue weighted by atomic mass is 10.1.